The predicted molar refractivity (Wildman–Crippen MR) is 138 cm³/mol. The van der Waals surface area contributed by atoms with E-state index >= 15 is 0 Å². The average molecular weight is 479 g/mol. The minimum absolute atomic E-state index is 0.134. The smallest absolute Gasteiger partial charge is 0.338 e. The molecule has 2 aromatic carbocycles. The summed E-state index contributed by atoms with van der Waals surface area (Å²) in [5.41, 5.74) is 3.07. The van der Waals surface area contributed by atoms with Gasteiger partial charge in [0.2, 0.25) is 12.4 Å². The molecule has 2 unspecified atom stereocenters. The fraction of sp³-hybridized carbons (Fsp3) is 0.385. The first-order valence-electron chi connectivity index (χ1n) is 11.8. The lowest BCUT2D eigenvalue weighted by Gasteiger charge is -2.13. The van der Waals surface area contributed by atoms with E-state index in [1.165, 1.54) is 5.56 Å². The van der Waals surface area contributed by atoms with Crippen molar-refractivity contribution >= 4 is 46.3 Å². The fourth-order valence-electron chi connectivity index (χ4n) is 4.06. The second kappa shape index (κ2) is 11.3. The molecular formula is C26H30N4O3S. The minimum Gasteiger partial charge on any atom is -0.459 e. The Hall–Kier alpha value is -3.13. The molecule has 3 aromatic rings. The van der Waals surface area contributed by atoms with Crippen LogP contribution in [0.3, 0.4) is 0 Å². The molecule has 1 aliphatic heterocycles. The zero-order chi connectivity index (χ0) is 23.9. The molecule has 34 heavy (non-hydrogen) atoms. The summed E-state index contributed by atoms with van der Waals surface area (Å²) in [4.78, 5) is 33.4. The highest BCUT2D eigenvalue weighted by Gasteiger charge is 2.24. The zero-order valence-corrected chi connectivity index (χ0v) is 20.4. The number of nitrogens with zero attached hydrogens (tertiary/aromatic N) is 3. The molecule has 1 amide bonds. The van der Waals surface area contributed by atoms with Gasteiger partial charge in [0.1, 0.15) is 0 Å². The molecule has 1 aromatic heterocycles. The third-order valence-electron chi connectivity index (χ3n) is 5.80. The Labute approximate surface area is 204 Å². The van der Waals surface area contributed by atoms with E-state index in [2.05, 4.69) is 29.4 Å². The van der Waals surface area contributed by atoms with E-state index in [9.17, 15) is 9.59 Å². The summed E-state index contributed by atoms with van der Waals surface area (Å²) < 4.78 is 7.46. The quantitative estimate of drug-likeness (QED) is 0.243. The monoisotopic (exact) mass is 478 g/mol. The number of imidazole rings is 1. The van der Waals surface area contributed by atoms with Gasteiger partial charge < -0.3 is 4.74 Å². The van der Waals surface area contributed by atoms with Crippen molar-refractivity contribution in [3.05, 3.63) is 59.7 Å². The number of rotatable bonds is 10. The first-order valence-corrected chi connectivity index (χ1v) is 12.8. The number of nitrogens with one attached hydrogen (secondary N) is 1. The van der Waals surface area contributed by atoms with E-state index < -0.39 is 0 Å². The summed E-state index contributed by atoms with van der Waals surface area (Å²) in [6.07, 6.45) is 5.48. The molecule has 1 N–H and O–H groups in total. The lowest BCUT2D eigenvalue weighted by atomic mass is 10.1. The summed E-state index contributed by atoms with van der Waals surface area (Å²) in [5.74, 6) is 0.876. The normalized spacial score (nSPS) is 16.3. The molecule has 2 atom stereocenters. The number of hydrogen-bond acceptors (Lipinski definition) is 6. The van der Waals surface area contributed by atoms with Crippen molar-refractivity contribution in [1.82, 2.24) is 9.55 Å². The molecule has 0 saturated heterocycles. The summed E-state index contributed by atoms with van der Waals surface area (Å²) in [5, 5.41) is 3.46. The maximum absolute atomic E-state index is 12.7. The van der Waals surface area contributed by atoms with Crippen LogP contribution >= 0.6 is 11.8 Å². The largest absolute Gasteiger partial charge is 0.459 e. The van der Waals surface area contributed by atoms with Gasteiger partial charge in [-0.15, -0.1) is 0 Å². The number of aliphatic imine (C=N–C) groups is 1. The molecule has 1 aliphatic rings. The number of ether oxygens (including phenoxy) is 1. The summed E-state index contributed by atoms with van der Waals surface area (Å²) in [6.45, 7) is 4.08. The van der Waals surface area contributed by atoms with Crippen LogP contribution in [0.25, 0.3) is 11.0 Å². The summed E-state index contributed by atoms with van der Waals surface area (Å²) in [7, 11) is 0. The molecule has 4 rings (SSSR count). The highest BCUT2D eigenvalue weighted by Crippen LogP contribution is 2.29. The molecule has 178 valence electrons. The van der Waals surface area contributed by atoms with E-state index in [-0.39, 0.29) is 18.1 Å². The van der Waals surface area contributed by atoms with Gasteiger partial charge in [-0.25, -0.2) is 9.78 Å². The fourth-order valence-corrected chi connectivity index (χ4v) is 5.13. The number of hydrogen-bond donors (Lipinski definition) is 1. The van der Waals surface area contributed by atoms with E-state index in [0.29, 0.717) is 23.4 Å². The van der Waals surface area contributed by atoms with Crippen LogP contribution in [0.15, 0.2) is 53.5 Å². The molecule has 7 nitrogen and oxygen atoms in total. The Bertz CT molecular complexity index is 1180. The van der Waals surface area contributed by atoms with Crippen molar-refractivity contribution in [1.29, 1.82) is 0 Å². The number of amides is 1. The van der Waals surface area contributed by atoms with Crippen molar-refractivity contribution in [2.75, 3.05) is 11.1 Å². The number of aromatic nitrogens is 2. The Morgan fingerprint density at radius 3 is 2.85 bits per heavy atom. The average Bonchev–Trinajstić information content (AvgIpc) is 3.43. The standard InChI is InChI=1S/C26H30N4O3S/c1-3-4-6-9-18(2)33-24(32)20-12-13-23-22(15-20)29-25(27-17-31)30(23)26-28-21(16-34-26)14-19-10-7-5-8-11-19/h5,7-8,10-13,15,17-18,21H,3-4,6,9,14,16H2,1-2H3,(H,27,29,31). The van der Waals surface area contributed by atoms with Crippen molar-refractivity contribution < 1.29 is 14.3 Å². The number of carbonyl (C=O) groups is 2. The maximum atomic E-state index is 12.7. The highest BCUT2D eigenvalue weighted by atomic mass is 32.2. The third-order valence-corrected chi connectivity index (χ3v) is 6.90. The second-order valence-electron chi connectivity index (χ2n) is 8.51. The van der Waals surface area contributed by atoms with Crippen LogP contribution in [0.2, 0.25) is 0 Å². The molecular weight excluding hydrogens is 448 g/mol. The molecule has 0 radical (unpaired) electrons. The van der Waals surface area contributed by atoms with Gasteiger partial charge in [0, 0.05) is 5.75 Å². The molecule has 2 heterocycles. The number of anilines is 1. The molecule has 0 aliphatic carbocycles. The predicted octanol–water partition coefficient (Wildman–Crippen LogP) is 5.29. The maximum Gasteiger partial charge on any atom is 0.338 e. The topological polar surface area (TPSA) is 85.6 Å². The number of esters is 1. The van der Waals surface area contributed by atoms with E-state index in [1.54, 1.807) is 23.9 Å². The van der Waals surface area contributed by atoms with Crippen molar-refractivity contribution in [2.24, 2.45) is 4.99 Å². The third kappa shape index (κ3) is 5.67. The van der Waals surface area contributed by atoms with E-state index in [0.717, 1.165) is 48.5 Å². The van der Waals surface area contributed by atoms with Crippen LogP contribution < -0.4 is 5.32 Å². The number of thioether (sulfide) groups is 1. The van der Waals surface area contributed by atoms with Crippen LogP contribution in [0, 0.1) is 0 Å². The first kappa shape index (κ1) is 24.0. The Morgan fingerprint density at radius 2 is 2.09 bits per heavy atom. The highest BCUT2D eigenvalue weighted by molar-refractivity contribution is 8.14. The first-order chi connectivity index (χ1) is 16.6. The number of benzene rings is 2. The molecule has 8 heteroatoms. The number of fused-ring (bicyclic) bond motifs is 1. The van der Waals surface area contributed by atoms with E-state index in [1.807, 2.05) is 35.8 Å². The summed E-state index contributed by atoms with van der Waals surface area (Å²) >= 11 is 1.64. The number of unbranched alkanes of at least 4 members (excludes halogenated alkanes) is 2. The second-order valence-corrected chi connectivity index (χ2v) is 9.50. The van der Waals surface area contributed by atoms with E-state index in [4.69, 9.17) is 9.73 Å². The van der Waals surface area contributed by atoms with Gasteiger partial charge in [0.25, 0.3) is 0 Å². The Morgan fingerprint density at radius 1 is 1.26 bits per heavy atom. The van der Waals surface area contributed by atoms with Crippen molar-refractivity contribution in [2.45, 2.75) is 58.1 Å². The molecule has 0 saturated carbocycles. The van der Waals surface area contributed by atoms with Gasteiger partial charge >= 0.3 is 5.97 Å². The zero-order valence-electron chi connectivity index (χ0n) is 19.6. The van der Waals surface area contributed by atoms with Crippen molar-refractivity contribution in [3.63, 3.8) is 0 Å². The molecule has 0 fully saturated rings. The Balaban J connectivity index is 1.55. The van der Waals surface area contributed by atoms with Crippen LogP contribution in [-0.2, 0) is 16.0 Å². The van der Waals surface area contributed by atoms with Crippen LogP contribution in [0.4, 0.5) is 5.95 Å². The Kier molecular flexibility index (Phi) is 8.00. The number of carbonyl (C=O) groups excluding carboxylic acids is 2. The van der Waals surface area contributed by atoms with Gasteiger partial charge in [0.05, 0.1) is 28.7 Å². The van der Waals surface area contributed by atoms with Gasteiger partial charge in [0.15, 0.2) is 5.17 Å². The van der Waals surface area contributed by atoms with Gasteiger partial charge in [-0.05, 0) is 49.9 Å². The summed E-state index contributed by atoms with van der Waals surface area (Å²) in [6, 6.07) is 15.7. The minimum atomic E-state index is -0.360. The molecule has 0 bridgehead atoms. The lowest BCUT2D eigenvalue weighted by molar-refractivity contribution is -0.105. The molecule has 0 spiro atoms. The van der Waals surface area contributed by atoms with Crippen LogP contribution in [-0.4, -0.2) is 45.0 Å². The van der Waals surface area contributed by atoms with Crippen LogP contribution in [0.5, 0.6) is 0 Å². The lowest BCUT2D eigenvalue weighted by Crippen LogP contribution is -2.15. The van der Waals surface area contributed by atoms with Crippen LogP contribution in [0.1, 0.15) is 55.5 Å². The van der Waals surface area contributed by atoms with Crippen molar-refractivity contribution in [3.8, 4) is 0 Å². The van der Waals surface area contributed by atoms with Gasteiger partial charge in [-0.1, -0.05) is 61.9 Å². The SMILES string of the molecule is CCCCCC(C)OC(=O)c1ccc2c(c1)nc(NC=O)n2C1=NC(Cc2ccccc2)CS1. The van der Waals surface area contributed by atoms with Gasteiger partial charge in [-0.3, -0.25) is 19.7 Å². The van der Waals surface area contributed by atoms with Gasteiger partial charge in [-0.2, -0.15) is 0 Å².